The lowest BCUT2D eigenvalue weighted by Crippen LogP contribution is -2.40. The number of ether oxygens (including phenoxy) is 1. The van der Waals surface area contributed by atoms with E-state index in [1.165, 1.54) is 18.2 Å². The number of amides is 2. The maximum Gasteiger partial charge on any atom is 0.387 e. The van der Waals surface area contributed by atoms with Crippen molar-refractivity contribution in [1.82, 2.24) is 5.32 Å². The number of carbonyl (C=O) groups excluding carboxylic acids is 1. The fourth-order valence-electron chi connectivity index (χ4n) is 1.44. The molecule has 2 atom stereocenters. The maximum atomic E-state index is 12.2. The number of aliphatic hydroxyl groups excluding tert-OH is 1. The van der Waals surface area contributed by atoms with Gasteiger partial charge in [-0.1, -0.05) is 18.5 Å². The average molecular weight is 323 g/mol. The van der Waals surface area contributed by atoms with E-state index >= 15 is 0 Å². The third-order valence-corrected chi connectivity index (χ3v) is 3.22. The molecule has 2 amide bonds. The van der Waals surface area contributed by atoms with Crippen molar-refractivity contribution < 1.29 is 23.4 Å². The molecule has 0 aliphatic rings. The first-order chi connectivity index (χ1) is 9.83. The van der Waals surface area contributed by atoms with E-state index in [-0.39, 0.29) is 35.0 Å². The van der Waals surface area contributed by atoms with Gasteiger partial charge in [0.2, 0.25) is 0 Å². The van der Waals surface area contributed by atoms with Crippen molar-refractivity contribution >= 4 is 23.3 Å². The lowest BCUT2D eigenvalue weighted by molar-refractivity contribution is -0.0497. The highest BCUT2D eigenvalue weighted by Gasteiger charge is 2.15. The molecule has 5 nitrogen and oxygen atoms in total. The van der Waals surface area contributed by atoms with Crippen molar-refractivity contribution in [1.29, 1.82) is 0 Å². The minimum absolute atomic E-state index is 0.0172. The van der Waals surface area contributed by atoms with Crippen LogP contribution in [0, 0.1) is 5.92 Å². The van der Waals surface area contributed by atoms with Crippen molar-refractivity contribution in [3.05, 3.63) is 23.2 Å². The Morgan fingerprint density at radius 1 is 1.43 bits per heavy atom. The third-order valence-electron chi connectivity index (χ3n) is 2.91. The summed E-state index contributed by atoms with van der Waals surface area (Å²) in [7, 11) is 0. The molecule has 0 bridgehead atoms. The normalized spacial score (nSPS) is 13.7. The SMILES string of the molecule is C[C@@H](CO)[C@@H](C)NC(=O)Nc1ccc(Cl)c(OC(F)F)c1. The van der Waals surface area contributed by atoms with E-state index in [9.17, 15) is 13.6 Å². The molecule has 118 valence electrons. The molecular weight excluding hydrogens is 306 g/mol. The van der Waals surface area contributed by atoms with Crippen LogP contribution in [0.25, 0.3) is 0 Å². The third kappa shape index (κ3) is 5.73. The number of urea groups is 1. The van der Waals surface area contributed by atoms with Gasteiger partial charge in [0, 0.05) is 24.4 Å². The van der Waals surface area contributed by atoms with Crippen molar-refractivity contribution in [2.45, 2.75) is 26.5 Å². The van der Waals surface area contributed by atoms with Gasteiger partial charge in [-0.25, -0.2) is 4.79 Å². The van der Waals surface area contributed by atoms with Crippen LogP contribution < -0.4 is 15.4 Å². The number of anilines is 1. The number of carbonyl (C=O) groups is 1. The number of halogens is 3. The molecule has 0 aliphatic heterocycles. The number of benzene rings is 1. The summed E-state index contributed by atoms with van der Waals surface area (Å²) in [5.41, 5.74) is 0.261. The van der Waals surface area contributed by atoms with Crippen LogP contribution in [-0.2, 0) is 0 Å². The Labute approximate surface area is 126 Å². The zero-order valence-electron chi connectivity index (χ0n) is 11.6. The first-order valence-electron chi connectivity index (χ1n) is 6.26. The van der Waals surface area contributed by atoms with Crippen LogP contribution in [-0.4, -0.2) is 30.4 Å². The summed E-state index contributed by atoms with van der Waals surface area (Å²) in [5.74, 6) is -0.333. The highest BCUT2D eigenvalue weighted by molar-refractivity contribution is 6.32. The lowest BCUT2D eigenvalue weighted by atomic mass is 10.1. The zero-order valence-corrected chi connectivity index (χ0v) is 12.3. The van der Waals surface area contributed by atoms with Gasteiger partial charge in [-0.3, -0.25) is 0 Å². The summed E-state index contributed by atoms with van der Waals surface area (Å²) >= 11 is 5.71. The number of aliphatic hydroxyl groups is 1. The molecule has 0 spiro atoms. The van der Waals surface area contributed by atoms with Crippen LogP contribution in [0.3, 0.4) is 0 Å². The Kier molecular flexibility index (Phi) is 6.64. The van der Waals surface area contributed by atoms with E-state index in [1.807, 2.05) is 0 Å². The summed E-state index contributed by atoms with van der Waals surface area (Å²) in [5, 5.41) is 14.1. The second-order valence-corrected chi connectivity index (χ2v) is 4.98. The molecule has 21 heavy (non-hydrogen) atoms. The Morgan fingerprint density at radius 3 is 2.67 bits per heavy atom. The summed E-state index contributed by atoms with van der Waals surface area (Å²) in [6.45, 7) is 0.460. The van der Waals surface area contributed by atoms with Gasteiger partial charge in [-0.05, 0) is 25.0 Å². The Bertz CT molecular complexity index is 488. The van der Waals surface area contributed by atoms with Crippen LogP contribution >= 0.6 is 11.6 Å². The first-order valence-corrected chi connectivity index (χ1v) is 6.64. The minimum atomic E-state index is -3.00. The molecular formula is C13H17ClF2N2O3. The maximum absolute atomic E-state index is 12.2. The monoisotopic (exact) mass is 322 g/mol. The molecule has 0 heterocycles. The highest BCUT2D eigenvalue weighted by Crippen LogP contribution is 2.29. The number of hydrogen-bond acceptors (Lipinski definition) is 3. The molecule has 0 unspecified atom stereocenters. The molecule has 0 aromatic heterocycles. The van der Waals surface area contributed by atoms with Crippen molar-refractivity contribution in [3.8, 4) is 5.75 Å². The van der Waals surface area contributed by atoms with Crippen molar-refractivity contribution in [2.75, 3.05) is 11.9 Å². The van der Waals surface area contributed by atoms with E-state index in [4.69, 9.17) is 16.7 Å². The Morgan fingerprint density at radius 2 is 2.10 bits per heavy atom. The molecule has 0 aliphatic carbocycles. The van der Waals surface area contributed by atoms with E-state index in [0.29, 0.717) is 0 Å². The molecule has 0 saturated carbocycles. The quantitative estimate of drug-likeness (QED) is 0.753. The van der Waals surface area contributed by atoms with E-state index in [0.717, 1.165) is 0 Å². The van der Waals surface area contributed by atoms with Gasteiger partial charge in [0.25, 0.3) is 0 Å². The molecule has 0 fully saturated rings. The zero-order chi connectivity index (χ0) is 16.0. The summed E-state index contributed by atoms with van der Waals surface area (Å²) < 4.78 is 28.6. The molecule has 8 heteroatoms. The molecule has 1 aromatic carbocycles. The van der Waals surface area contributed by atoms with Gasteiger partial charge < -0.3 is 20.5 Å². The molecule has 3 N–H and O–H groups in total. The van der Waals surface area contributed by atoms with Gasteiger partial charge in [0.1, 0.15) is 5.75 Å². The standard InChI is InChI=1S/C13H17ClF2N2O3/c1-7(6-19)8(2)17-13(20)18-9-3-4-10(14)11(5-9)21-12(15)16/h3-5,7-8,12,19H,6H2,1-2H3,(H2,17,18,20)/t7-,8+/m0/s1. The van der Waals surface area contributed by atoms with Gasteiger partial charge in [-0.2, -0.15) is 8.78 Å². The summed E-state index contributed by atoms with van der Waals surface area (Å²) in [6.07, 6.45) is 0. The predicted molar refractivity (Wildman–Crippen MR) is 76.0 cm³/mol. The number of hydrogen-bond donors (Lipinski definition) is 3. The van der Waals surface area contributed by atoms with Gasteiger partial charge in [0.15, 0.2) is 0 Å². The van der Waals surface area contributed by atoms with Gasteiger partial charge in [0.05, 0.1) is 5.02 Å². The summed E-state index contributed by atoms with van der Waals surface area (Å²) in [6, 6.07) is 3.23. The lowest BCUT2D eigenvalue weighted by Gasteiger charge is -2.19. The Balaban J connectivity index is 2.68. The second kappa shape index (κ2) is 7.99. The fraction of sp³-hybridized carbons (Fsp3) is 0.462. The molecule has 0 saturated heterocycles. The van der Waals surface area contributed by atoms with Crippen molar-refractivity contribution in [3.63, 3.8) is 0 Å². The predicted octanol–water partition coefficient (Wildman–Crippen LogP) is 3.08. The van der Waals surface area contributed by atoms with Crippen LogP contribution in [0.15, 0.2) is 18.2 Å². The fourth-order valence-corrected chi connectivity index (χ4v) is 1.60. The topological polar surface area (TPSA) is 70.6 Å². The van der Waals surface area contributed by atoms with Crippen LogP contribution in [0.1, 0.15) is 13.8 Å². The average Bonchev–Trinajstić information content (AvgIpc) is 2.40. The van der Waals surface area contributed by atoms with Crippen LogP contribution in [0.5, 0.6) is 5.75 Å². The van der Waals surface area contributed by atoms with Gasteiger partial charge in [-0.15, -0.1) is 0 Å². The summed E-state index contributed by atoms with van der Waals surface area (Å²) in [4.78, 5) is 11.7. The minimum Gasteiger partial charge on any atom is -0.433 e. The molecule has 0 radical (unpaired) electrons. The largest absolute Gasteiger partial charge is 0.433 e. The first kappa shape index (κ1) is 17.5. The number of alkyl halides is 2. The molecule has 1 rings (SSSR count). The van der Waals surface area contributed by atoms with Gasteiger partial charge >= 0.3 is 12.6 Å². The van der Waals surface area contributed by atoms with Crippen LogP contribution in [0.2, 0.25) is 5.02 Å². The number of rotatable bonds is 6. The van der Waals surface area contributed by atoms with E-state index in [2.05, 4.69) is 15.4 Å². The molecule has 1 aromatic rings. The van der Waals surface area contributed by atoms with E-state index < -0.39 is 12.6 Å². The van der Waals surface area contributed by atoms with E-state index in [1.54, 1.807) is 13.8 Å². The number of nitrogens with one attached hydrogen (secondary N) is 2. The van der Waals surface area contributed by atoms with Crippen LogP contribution in [0.4, 0.5) is 19.3 Å². The smallest absolute Gasteiger partial charge is 0.387 e. The highest BCUT2D eigenvalue weighted by atomic mass is 35.5. The second-order valence-electron chi connectivity index (χ2n) is 4.57. The van der Waals surface area contributed by atoms with Crippen molar-refractivity contribution in [2.24, 2.45) is 5.92 Å². The Hall–Kier alpha value is -1.60.